The zero-order valence-electron chi connectivity index (χ0n) is 26.9. The van der Waals surface area contributed by atoms with Crippen molar-refractivity contribution in [3.05, 3.63) is 170 Å². The molecule has 234 valence electrons. The summed E-state index contributed by atoms with van der Waals surface area (Å²) in [5.41, 5.74) is 6.99. The molecule has 0 aliphatic carbocycles. The molecule has 0 amide bonds. The van der Waals surface area contributed by atoms with Crippen LogP contribution in [0.25, 0.3) is 78.6 Å². The zero-order chi connectivity index (χ0) is 32.8. The van der Waals surface area contributed by atoms with E-state index in [2.05, 4.69) is 179 Å². The number of hydrogen-bond acceptors (Lipinski definition) is 3. The maximum Gasteiger partial charge on any atom is 0.0562 e. The number of fused-ring (bicyclic) bond motifs is 11. The molecule has 2 nitrogen and oxygen atoms in total. The Morgan fingerprint density at radius 3 is 1.54 bits per heavy atom. The number of aromatic nitrogens is 1. The van der Waals surface area contributed by atoms with Crippen LogP contribution in [0.1, 0.15) is 0 Å². The molecule has 3 aromatic heterocycles. The van der Waals surface area contributed by atoms with Crippen LogP contribution >= 0.6 is 22.7 Å². The Morgan fingerprint density at radius 2 is 0.880 bits per heavy atom. The third-order valence-electron chi connectivity index (χ3n) is 10.2. The molecule has 4 heteroatoms. The summed E-state index contributed by atoms with van der Waals surface area (Å²) in [4.78, 5) is 2.44. The van der Waals surface area contributed by atoms with Crippen LogP contribution in [-0.4, -0.2) is 4.57 Å². The summed E-state index contributed by atoms with van der Waals surface area (Å²) >= 11 is 3.73. The van der Waals surface area contributed by atoms with E-state index in [4.69, 9.17) is 0 Å². The maximum atomic E-state index is 2.44. The second-order valence-corrected chi connectivity index (χ2v) is 15.1. The molecule has 11 rings (SSSR count). The van der Waals surface area contributed by atoms with Crippen LogP contribution in [0, 0.1) is 0 Å². The normalized spacial score (nSPS) is 12.0. The lowest BCUT2D eigenvalue weighted by Gasteiger charge is -2.26. The topological polar surface area (TPSA) is 8.17 Å². The van der Waals surface area contributed by atoms with Crippen LogP contribution in [0.4, 0.5) is 17.1 Å². The van der Waals surface area contributed by atoms with E-state index in [0.29, 0.717) is 0 Å². The van der Waals surface area contributed by atoms with E-state index >= 15 is 0 Å². The largest absolute Gasteiger partial charge is 0.310 e. The van der Waals surface area contributed by atoms with Crippen LogP contribution in [-0.2, 0) is 0 Å². The third-order valence-corrected chi connectivity index (χ3v) is 12.4. The summed E-state index contributed by atoms with van der Waals surface area (Å²) in [6, 6.07) is 62.5. The molecule has 0 radical (unpaired) electrons. The molecule has 0 fully saturated rings. The SMILES string of the molecule is c1ccc(-n2c3cc(N(c4ccc5c(c4)sc4ccccc45)c4ccc5c(c4)sc4ccccc45)ccc3c3c4ccccc4ccc32)cc1. The minimum atomic E-state index is 1.13. The van der Waals surface area contributed by atoms with Crippen molar-refractivity contribution in [2.24, 2.45) is 0 Å². The van der Waals surface area contributed by atoms with Gasteiger partial charge in [0.15, 0.2) is 0 Å². The first-order valence-corrected chi connectivity index (χ1v) is 18.6. The number of para-hydroxylation sites is 1. The van der Waals surface area contributed by atoms with Crippen molar-refractivity contribution in [1.82, 2.24) is 4.57 Å². The molecule has 0 N–H and O–H groups in total. The fourth-order valence-electron chi connectivity index (χ4n) is 7.92. The monoisotopic (exact) mass is 672 g/mol. The van der Waals surface area contributed by atoms with Gasteiger partial charge in [0.2, 0.25) is 0 Å². The Kier molecular flexibility index (Phi) is 6.03. The van der Waals surface area contributed by atoms with Gasteiger partial charge in [-0.25, -0.2) is 0 Å². The van der Waals surface area contributed by atoms with E-state index in [9.17, 15) is 0 Å². The highest BCUT2D eigenvalue weighted by molar-refractivity contribution is 7.26. The molecule has 8 aromatic carbocycles. The van der Waals surface area contributed by atoms with Crippen molar-refractivity contribution < 1.29 is 0 Å². The van der Waals surface area contributed by atoms with Crippen molar-refractivity contribution in [2.45, 2.75) is 0 Å². The molecule has 0 saturated heterocycles. The van der Waals surface area contributed by atoms with Crippen LogP contribution < -0.4 is 4.90 Å². The quantitative estimate of drug-likeness (QED) is 0.181. The summed E-state index contributed by atoms with van der Waals surface area (Å²) in [6.07, 6.45) is 0. The molecule has 3 heterocycles. The molecule has 50 heavy (non-hydrogen) atoms. The van der Waals surface area contributed by atoms with Crippen LogP contribution in [0.15, 0.2) is 170 Å². The van der Waals surface area contributed by atoms with E-state index in [1.807, 2.05) is 22.7 Å². The molecule has 11 aromatic rings. The Morgan fingerprint density at radius 1 is 0.360 bits per heavy atom. The van der Waals surface area contributed by atoms with E-state index in [0.717, 1.165) is 22.7 Å². The third kappa shape index (κ3) is 4.13. The van der Waals surface area contributed by atoms with Gasteiger partial charge < -0.3 is 9.47 Å². The zero-order valence-corrected chi connectivity index (χ0v) is 28.5. The fraction of sp³-hybridized carbons (Fsp3) is 0. The summed E-state index contributed by atoms with van der Waals surface area (Å²) in [6.45, 7) is 0. The summed E-state index contributed by atoms with van der Waals surface area (Å²) < 4.78 is 7.66. The summed E-state index contributed by atoms with van der Waals surface area (Å²) in [7, 11) is 0. The molecular formula is C46H28N2S2. The van der Waals surface area contributed by atoms with Crippen molar-refractivity contribution >= 4 is 113 Å². The Bertz CT molecular complexity index is 3000. The molecule has 0 bridgehead atoms. The van der Waals surface area contributed by atoms with Crippen LogP contribution in [0.5, 0.6) is 0 Å². The van der Waals surface area contributed by atoms with Gasteiger partial charge in [0.25, 0.3) is 0 Å². The number of thiophene rings is 2. The average Bonchev–Trinajstić information content (AvgIpc) is 3.84. The predicted octanol–water partition coefficient (Wildman–Crippen LogP) is 14.1. The highest BCUT2D eigenvalue weighted by atomic mass is 32.1. The van der Waals surface area contributed by atoms with Crippen LogP contribution in [0.2, 0.25) is 0 Å². The lowest BCUT2D eigenvalue weighted by atomic mass is 10.0. The van der Waals surface area contributed by atoms with Crippen molar-refractivity contribution in [3.63, 3.8) is 0 Å². The Labute approximate surface area is 296 Å². The minimum Gasteiger partial charge on any atom is -0.310 e. The molecule has 0 saturated carbocycles. The predicted molar refractivity (Wildman–Crippen MR) is 219 cm³/mol. The van der Waals surface area contributed by atoms with E-state index in [1.54, 1.807) is 0 Å². The van der Waals surface area contributed by atoms with Gasteiger partial charge in [-0.15, -0.1) is 22.7 Å². The molecule has 0 aliphatic heterocycles. The second-order valence-electron chi connectivity index (χ2n) is 12.9. The maximum absolute atomic E-state index is 2.44. The number of anilines is 3. The summed E-state index contributed by atoms with van der Waals surface area (Å²) in [5, 5.41) is 10.3. The van der Waals surface area contributed by atoms with E-state index in [-0.39, 0.29) is 0 Å². The lowest BCUT2D eigenvalue weighted by molar-refractivity contribution is 1.18. The number of benzene rings is 8. The van der Waals surface area contributed by atoms with Gasteiger partial charge in [0.05, 0.1) is 11.0 Å². The van der Waals surface area contributed by atoms with Gasteiger partial charge >= 0.3 is 0 Å². The number of nitrogens with zero attached hydrogens (tertiary/aromatic N) is 2. The molecule has 0 spiro atoms. The minimum absolute atomic E-state index is 1.13. The van der Waals surface area contributed by atoms with Crippen molar-refractivity contribution in [2.75, 3.05) is 4.90 Å². The molecule has 0 aliphatic rings. The van der Waals surface area contributed by atoms with Crippen LogP contribution in [0.3, 0.4) is 0 Å². The Hall–Kier alpha value is -5.94. The van der Waals surface area contributed by atoms with Crippen molar-refractivity contribution in [3.8, 4) is 5.69 Å². The first kappa shape index (κ1) is 28.0. The molecule has 0 unspecified atom stereocenters. The molecular weight excluding hydrogens is 645 g/mol. The van der Waals surface area contributed by atoms with Gasteiger partial charge in [-0.05, 0) is 77.5 Å². The van der Waals surface area contributed by atoms with Gasteiger partial charge in [0.1, 0.15) is 0 Å². The van der Waals surface area contributed by atoms with E-state index in [1.165, 1.54) is 72.9 Å². The van der Waals surface area contributed by atoms with Gasteiger partial charge in [-0.2, -0.15) is 0 Å². The van der Waals surface area contributed by atoms with E-state index < -0.39 is 0 Å². The average molecular weight is 673 g/mol. The van der Waals surface area contributed by atoms with Gasteiger partial charge in [-0.3, -0.25) is 0 Å². The highest BCUT2D eigenvalue weighted by Gasteiger charge is 2.20. The fourth-order valence-corrected chi connectivity index (χ4v) is 10.2. The Balaban J connectivity index is 1.20. The lowest BCUT2D eigenvalue weighted by Crippen LogP contribution is -2.10. The standard InChI is InChI=1S/C46H28N2S2/c1-2-11-30(12-3-1)48-40-25-18-29-10-4-5-13-34(29)46(40)39-24-21-31(26-41(39)48)47(32-19-22-37-35-14-6-8-16-42(35)49-44(37)27-32)33-20-23-38-36-15-7-9-17-43(36)50-45(38)28-33/h1-28H. The van der Waals surface area contributed by atoms with Gasteiger partial charge in [0, 0.05) is 73.9 Å². The second kappa shape index (κ2) is 10.8. The summed E-state index contributed by atoms with van der Waals surface area (Å²) in [5.74, 6) is 0. The van der Waals surface area contributed by atoms with Gasteiger partial charge in [-0.1, -0.05) is 103 Å². The number of rotatable bonds is 4. The first-order chi connectivity index (χ1) is 24.8. The van der Waals surface area contributed by atoms with Crippen molar-refractivity contribution in [1.29, 1.82) is 0 Å². The number of hydrogen-bond donors (Lipinski definition) is 0. The smallest absolute Gasteiger partial charge is 0.0562 e. The first-order valence-electron chi connectivity index (χ1n) is 16.9. The molecule has 0 atom stereocenters. The highest BCUT2D eigenvalue weighted by Crippen LogP contribution is 2.45.